The molecule has 3 unspecified atom stereocenters. The molecule has 2 aromatic heterocycles. The van der Waals surface area contributed by atoms with E-state index in [-0.39, 0.29) is 41.7 Å². The van der Waals surface area contributed by atoms with E-state index in [1.165, 1.54) is 4.57 Å². The number of fused-ring (bicyclic) bond motifs is 2. The van der Waals surface area contributed by atoms with Crippen molar-refractivity contribution >= 4 is 34.4 Å². The molecule has 2 fully saturated rings. The van der Waals surface area contributed by atoms with Gasteiger partial charge >= 0.3 is 0 Å². The van der Waals surface area contributed by atoms with Gasteiger partial charge in [0.15, 0.2) is 0 Å². The number of amides is 4. The van der Waals surface area contributed by atoms with Crippen molar-refractivity contribution < 1.29 is 33.4 Å². The molecule has 0 aliphatic carbocycles. The standard InChI is InChI=1S/C35H33N5O8/c1-18-30(48-20-5-6-22-23(13-20)35(45)40(34(22)44)27-7-8-31(41)37-32(27)42)17-39(18)16-26-28(46-3)11-19(12-29(26)47-4)25-15-38(2)33(43)24-14-36-10-9-21(24)25/h5-6,9-15,18,27,30H,7-8,16-17H2,1-4H3,(H,37,41,42). The SMILES string of the molecule is COc1cc(-c2cn(C)c(=O)c3cnccc23)cc(OC)c1CN1CC(Oc2ccc3c(c2)C(=O)N(C2CCC(=O)NC2=O)C3=O)C1C. The summed E-state index contributed by atoms with van der Waals surface area (Å²) >= 11 is 0. The molecule has 2 saturated heterocycles. The smallest absolute Gasteiger partial charge is 0.262 e. The lowest BCUT2D eigenvalue weighted by atomic mass is 9.96. The van der Waals surface area contributed by atoms with Gasteiger partial charge in [0.05, 0.1) is 36.3 Å². The molecule has 13 nitrogen and oxygen atoms in total. The Labute approximate surface area is 275 Å². The fourth-order valence-corrected chi connectivity index (χ4v) is 6.73. The van der Waals surface area contributed by atoms with E-state index < -0.39 is 29.7 Å². The molecule has 3 aliphatic heterocycles. The molecule has 5 heterocycles. The van der Waals surface area contributed by atoms with Crippen LogP contribution in [0.2, 0.25) is 0 Å². The van der Waals surface area contributed by atoms with Crippen molar-refractivity contribution in [1.29, 1.82) is 0 Å². The van der Waals surface area contributed by atoms with E-state index >= 15 is 0 Å². The zero-order valence-corrected chi connectivity index (χ0v) is 26.8. The van der Waals surface area contributed by atoms with Crippen LogP contribution in [0, 0.1) is 0 Å². The number of carbonyl (C=O) groups is 4. The summed E-state index contributed by atoms with van der Waals surface area (Å²) in [6.07, 6.45) is 4.99. The third-order valence-electron chi connectivity index (χ3n) is 9.49. The van der Waals surface area contributed by atoms with Crippen LogP contribution in [-0.4, -0.2) is 81.9 Å². The number of hydrogen-bond acceptors (Lipinski definition) is 10. The molecule has 4 aromatic rings. The van der Waals surface area contributed by atoms with Gasteiger partial charge in [-0.25, -0.2) is 0 Å². The predicted molar refractivity (Wildman–Crippen MR) is 173 cm³/mol. The molecule has 7 rings (SSSR count). The lowest BCUT2D eigenvalue weighted by Gasteiger charge is -2.46. The third-order valence-corrected chi connectivity index (χ3v) is 9.49. The highest BCUT2D eigenvalue weighted by Gasteiger charge is 2.45. The van der Waals surface area contributed by atoms with Crippen LogP contribution in [0.15, 0.2) is 59.8 Å². The van der Waals surface area contributed by atoms with Crippen molar-refractivity contribution in [3.8, 4) is 28.4 Å². The van der Waals surface area contributed by atoms with E-state index in [2.05, 4.69) is 15.2 Å². The summed E-state index contributed by atoms with van der Waals surface area (Å²) in [5, 5.41) is 3.50. The van der Waals surface area contributed by atoms with Crippen molar-refractivity contribution in [3.63, 3.8) is 0 Å². The molecule has 48 heavy (non-hydrogen) atoms. The topological polar surface area (TPSA) is 149 Å². The number of carbonyl (C=O) groups excluding carboxylic acids is 4. The molecule has 3 atom stereocenters. The Bertz CT molecular complexity index is 2070. The van der Waals surface area contributed by atoms with Gasteiger partial charge in [-0.2, -0.15) is 0 Å². The number of imide groups is 2. The van der Waals surface area contributed by atoms with Crippen LogP contribution in [-0.2, 0) is 23.2 Å². The number of aromatic nitrogens is 2. The monoisotopic (exact) mass is 651 g/mol. The third kappa shape index (κ3) is 5.07. The Balaban J connectivity index is 1.07. The summed E-state index contributed by atoms with van der Waals surface area (Å²) in [5.74, 6) is -0.497. The number of aryl methyl sites for hydroxylation is 1. The Morgan fingerprint density at radius 2 is 1.65 bits per heavy atom. The molecule has 13 heteroatoms. The molecule has 0 spiro atoms. The minimum atomic E-state index is -1.03. The summed E-state index contributed by atoms with van der Waals surface area (Å²) in [4.78, 5) is 70.3. The molecule has 0 radical (unpaired) electrons. The van der Waals surface area contributed by atoms with Crippen LogP contribution < -0.4 is 25.1 Å². The maximum Gasteiger partial charge on any atom is 0.262 e. The Kier molecular flexibility index (Phi) is 7.71. The van der Waals surface area contributed by atoms with Gasteiger partial charge in [-0.05, 0) is 60.7 Å². The Morgan fingerprint density at radius 3 is 2.33 bits per heavy atom. The zero-order chi connectivity index (χ0) is 33.9. The van der Waals surface area contributed by atoms with Gasteiger partial charge in [0, 0.05) is 56.8 Å². The minimum absolute atomic E-state index is 0.00950. The second-order valence-corrected chi connectivity index (χ2v) is 12.2. The van der Waals surface area contributed by atoms with E-state index in [4.69, 9.17) is 14.2 Å². The molecular formula is C35H33N5O8. The fraction of sp³-hybridized carbons (Fsp3) is 0.314. The van der Waals surface area contributed by atoms with Gasteiger partial charge in [-0.15, -0.1) is 0 Å². The second kappa shape index (κ2) is 11.9. The van der Waals surface area contributed by atoms with Crippen molar-refractivity contribution in [2.45, 2.75) is 44.5 Å². The van der Waals surface area contributed by atoms with E-state index in [0.29, 0.717) is 35.7 Å². The van der Waals surface area contributed by atoms with E-state index in [1.807, 2.05) is 25.1 Å². The molecule has 0 saturated carbocycles. The number of rotatable bonds is 8. The molecule has 0 bridgehead atoms. The molecule has 3 aliphatic rings. The number of nitrogens with zero attached hydrogens (tertiary/aromatic N) is 4. The quantitative estimate of drug-likeness (QED) is 0.282. The van der Waals surface area contributed by atoms with Gasteiger partial charge in [0.1, 0.15) is 29.4 Å². The highest BCUT2D eigenvalue weighted by molar-refractivity contribution is 6.23. The number of benzene rings is 2. The number of likely N-dealkylation sites (tertiary alicyclic amines) is 1. The molecular weight excluding hydrogens is 618 g/mol. The lowest BCUT2D eigenvalue weighted by molar-refractivity contribution is -0.136. The van der Waals surface area contributed by atoms with Gasteiger partial charge in [-0.1, -0.05) is 0 Å². The number of pyridine rings is 2. The summed E-state index contributed by atoms with van der Waals surface area (Å²) in [5.41, 5.74) is 2.78. The van der Waals surface area contributed by atoms with Crippen LogP contribution in [0.3, 0.4) is 0 Å². The first-order valence-electron chi connectivity index (χ1n) is 15.5. The average Bonchev–Trinajstić information content (AvgIpc) is 3.33. The largest absolute Gasteiger partial charge is 0.496 e. The Morgan fingerprint density at radius 1 is 0.917 bits per heavy atom. The van der Waals surface area contributed by atoms with E-state index in [9.17, 15) is 24.0 Å². The average molecular weight is 652 g/mol. The van der Waals surface area contributed by atoms with Crippen LogP contribution in [0.5, 0.6) is 17.2 Å². The van der Waals surface area contributed by atoms with Crippen LogP contribution in [0.4, 0.5) is 0 Å². The zero-order valence-electron chi connectivity index (χ0n) is 26.8. The second-order valence-electron chi connectivity index (χ2n) is 12.2. The number of ether oxygens (including phenoxy) is 3. The number of nitrogens with one attached hydrogen (secondary N) is 1. The highest BCUT2D eigenvalue weighted by Crippen LogP contribution is 2.39. The summed E-state index contributed by atoms with van der Waals surface area (Å²) in [6, 6.07) is 9.40. The summed E-state index contributed by atoms with van der Waals surface area (Å²) in [7, 11) is 4.93. The highest BCUT2D eigenvalue weighted by atomic mass is 16.5. The first-order chi connectivity index (χ1) is 23.1. The fourth-order valence-electron chi connectivity index (χ4n) is 6.73. The number of hydrogen-bond donors (Lipinski definition) is 1. The first-order valence-corrected chi connectivity index (χ1v) is 15.5. The maximum atomic E-state index is 13.2. The molecule has 2 aromatic carbocycles. The van der Waals surface area contributed by atoms with E-state index in [0.717, 1.165) is 27.0 Å². The van der Waals surface area contributed by atoms with Crippen molar-refractivity contribution in [2.24, 2.45) is 7.05 Å². The van der Waals surface area contributed by atoms with E-state index in [1.54, 1.807) is 58.1 Å². The molecule has 4 amide bonds. The van der Waals surface area contributed by atoms with Crippen molar-refractivity contribution in [2.75, 3.05) is 20.8 Å². The van der Waals surface area contributed by atoms with Crippen molar-refractivity contribution in [3.05, 3.63) is 82.0 Å². The summed E-state index contributed by atoms with van der Waals surface area (Å²) < 4.78 is 19.5. The van der Waals surface area contributed by atoms with Crippen LogP contribution in [0.1, 0.15) is 46.0 Å². The molecule has 246 valence electrons. The van der Waals surface area contributed by atoms with Gasteiger partial charge in [-0.3, -0.25) is 44.1 Å². The number of methoxy groups -OCH3 is 2. The van der Waals surface area contributed by atoms with Crippen LogP contribution in [0.25, 0.3) is 21.9 Å². The number of piperidine rings is 1. The lowest BCUT2D eigenvalue weighted by Crippen LogP contribution is -2.60. The maximum absolute atomic E-state index is 13.2. The van der Waals surface area contributed by atoms with Gasteiger partial charge in [0.2, 0.25) is 11.8 Å². The van der Waals surface area contributed by atoms with Gasteiger partial charge in [0.25, 0.3) is 17.4 Å². The first kappa shape index (κ1) is 31.1. The minimum Gasteiger partial charge on any atom is -0.496 e. The normalized spacial score (nSPS) is 20.8. The molecule has 1 N–H and O–H groups in total. The summed E-state index contributed by atoms with van der Waals surface area (Å²) in [6.45, 7) is 3.14. The van der Waals surface area contributed by atoms with Crippen LogP contribution >= 0.6 is 0 Å². The predicted octanol–water partition coefficient (Wildman–Crippen LogP) is 2.67. The van der Waals surface area contributed by atoms with Crippen molar-refractivity contribution in [1.82, 2.24) is 24.7 Å². The van der Waals surface area contributed by atoms with Gasteiger partial charge < -0.3 is 18.8 Å². The Hall–Kier alpha value is -5.56.